The maximum atomic E-state index is 13.0. The standard InChI is InChI=1S/C18H23N3O2/c1-14-8-12-23-17(14)18(22)21(13-15-5-2-3-10-20-15)16-6-4-9-19-11-7-16/h2-3,5,8,10,12,16,19H,4,6-7,9,11,13H2,1H3/t16-/m1/s1. The van der Waals surface area contributed by atoms with Gasteiger partial charge in [0.1, 0.15) is 0 Å². The van der Waals surface area contributed by atoms with Gasteiger partial charge in [-0.25, -0.2) is 0 Å². The number of nitrogens with one attached hydrogen (secondary N) is 1. The van der Waals surface area contributed by atoms with Gasteiger partial charge in [-0.2, -0.15) is 0 Å². The van der Waals surface area contributed by atoms with Gasteiger partial charge in [-0.15, -0.1) is 0 Å². The summed E-state index contributed by atoms with van der Waals surface area (Å²) in [4.78, 5) is 19.3. The van der Waals surface area contributed by atoms with Gasteiger partial charge in [0, 0.05) is 17.8 Å². The molecule has 0 aromatic carbocycles. The summed E-state index contributed by atoms with van der Waals surface area (Å²) in [5.41, 5.74) is 1.79. The number of furan rings is 1. The molecular formula is C18H23N3O2. The highest BCUT2D eigenvalue weighted by atomic mass is 16.3. The number of nitrogens with zero attached hydrogens (tertiary/aromatic N) is 2. The minimum Gasteiger partial charge on any atom is -0.459 e. The predicted octanol–water partition coefficient (Wildman–Crippen LogP) is 2.77. The minimum absolute atomic E-state index is 0.0370. The summed E-state index contributed by atoms with van der Waals surface area (Å²) < 4.78 is 5.44. The van der Waals surface area contributed by atoms with Gasteiger partial charge in [-0.05, 0) is 57.5 Å². The largest absolute Gasteiger partial charge is 0.459 e. The van der Waals surface area contributed by atoms with Crippen LogP contribution in [-0.2, 0) is 6.54 Å². The smallest absolute Gasteiger partial charge is 0.290 e. The average Bonchev–Trinajstić information content (AvgIpc) is 2.84. The van der Waals surface area contributed by atoms with Crippen molar-refractivity contribution < 1.29 is 9.21 Å². The monoisotopic (exact) mass is 313 g/mol. The molecule has 5 heteroatoms. The van der Waals surface area contributed by atoms with E-state index >= 15 is 0 Å². The van der Waals surface area contributed by atoms with Gasteiger partial charge < -0.3 is 14.6 Å². The Morgan fingerprint density at radius 3 is 3.00 bits per heavy atom. The highest BCUT2D eigenvalue weighted by Gasteiger charge is 2.28. The molecule has 0 saturated carbocycles. The first-order valence-electron chi connectivity index (χ1n) is 8.21. The van der Waals surface area contributed by atoms with Crippen molar-refractivity contribution in [1.29, 1.82) is 0 Å². The second-order valence-electron chi connectivity index (χ2n) is 6.02. The lowest BCUT2D eigenvalue weighted by Gasteiger charge is -2.30. The van der Waals surface area contributed by atoms with Crippen LogP contribution in [0.15, 0.2) is 41.1 Å². The van der Waals surface area contributed by atoms with E-state index in [1.807, 2.05) is 36.1 Å². The van der Waals surface area contributed by atoms with Crippen molar-refractivity contribution in [1.82, 2.24) is 15.2 Å². The third-order valence-corrected chi connectivity index (χ3v) is 4.36. The molecule has 1 amide bonds. The quantitative estimate of drug-likeness (QED) is 0.943. The second-order valence-corrected chi connectivity index (χ2v) is 6.02. The highest BCUT2D eigenvalue weighted by Crippen LogP contribution is 2.21. The summed E-state index contributed by atoms with van der Waals surface area (Å²) in [5, 5.41) is 3.40. The van der Waals surface area contributed by atoms with E-state index in [1.165, 1.54) is 0 Å². The molecule has 23 heavy (non-hydrogen) atoms. The molecule has 1 N–H and O–H groups in total. The first kappa shape index (κ1) is 15.7. The number of carbonyl (C=O) groups excluding carboxylic acids is 1. The van der Waals surface area contributed by atoms with Gasteiger partial charge in [0.05, 0.1) is 18.5 Å². The van der Waals surface area contributed by atoms with Gasteiger partial charge in [0.2, 0.25) is 0 Å². The molecule has 0 unspecified atom stereocenters. The number of aryl methyl sites for hydroxylation is 1. The lowest BCUT2D eigenvalue weighted by molar-refractivity contribution is 0.0608. The molecule has 3 heterocycles. The van der Waals surface area contributed by atoms with Crippen molar-refractivity contribution in [3.8, 4) is 0 Å². The molecule has 1 atom stereocenters. The Kier molecular flexibility index (Phi) is 5.08. The van der Waals surface area contributed by atoms with Crippen molar-refractivity contribution >= 4 is 5.91 Å². The van der Waals surface area contributed by atoms with Gasteiger partial charge >= 0.3 is 0 Å². The fraction of sp³-hybridized carbons (Fsp3) is 0.444. The number of carbonyl (C=O) groups is 1. The maximum absolute atomic E-state index is 13.0. The van der Waals surface area contributed by atoms with Crippen LogP contribution < -0.4 is 5.32 Å². The first-order chi connectivity index (χ1) is 11.3. The molecule has 0 radical (unpaired) electrons. The lowest BCUT2D eigenvalue weighted by Crippen LogP contribution is -2.40. The molecule has 0 spiro atoms. The number of rotatable bonds is 4. The average molecular weight is 313 g/mol. The van der Waals surface area contributed by atoms with Crippen LogP contribution in [0, 0.1) is 6.92 Å². The Morgan fingerprint density at radius 1 is 1.35 bits per heavy atom. The predicted molar refractivity (Wildman–Crippen MR) is 88.1 cm³/mol. The third-order valence-electron chi connectivity index (χ3n) is 4.36. The van der Waals surface area contributed by atoms with Crippen LogP contribution in [-0.4, -0.2) is 34.9 Å². The summed E-state index contributed by atoms with van der Waals surface area (Å²) in [7, 11) is 0. The van der Waals surface area contributed by atoms with E-state index in [2.05, 4.69) is 10.3 Å². The fourth-order valence-electron chi connectivity index (χ4n) is 3.07. The van der Waals surface area contributed by atoms with Crippen molar-refractivity contribution in [3.63, 3.8) is 0 Å². The molecule has 1 aliphatic heterocycles. The Bertz CT molecular complexity index is 631. The number of hydrogen-bond acceptors (Lipinski definition) is 4. The number of pyridine rings is 1. The molecule has 1 aliphatic rings. The molecule has 2 aromatic rings. The first-order valence-corrected chi connectivity index (χ1v) is 8.21. The van der Waals surface area contributed by atoms with Gasteiger partial charge in [0.15, 0.2) is 5.76 Å². The van der Waals surface area contributed by atoms with Crippen molar-refractivity contribution in [2.75, 3.05) is 13.1 Å². The molecule has 1 saturated heterocycles. The molecule has 3 rings (SSSR count). The summed E-state index contributed by atoms with van der Waals surface area (Å²) in [6, 6.07) is 7.86. The zero-order valence-corrected chi connectivity index (χ0v) is 13.5. The Balaban J connectivity index is 1.86. The van der Waals surface area contributed by atoms with Crippen molar-refractivity contribution in [3.05, 3.63) is 53.7 Å². The lowest BCUT2D eigenvalue weighted by atomic mass is 10.1. The van der Waals surface area contributed by atoms with E-state index in [0.29, 0.717) is 12.3 Å². The van der Waals surface area contributed by atoms with Crippen LogP contribution in [0.3, 0.4) is 0 Å². The second kappa shape index (κ2) is 7.42. The molecule has 122 valence electrons. The van der Waals surface area contributed by atoms with Crippen LogP contribution in [0.25, 0.3) is 0 Å². The fourth-order valence-corrected chi connectivity index (χ4v) is 3.07. The van der Waals surface area contributed by atoms with E-state index in [1.54, 1.807) is 12.5 Å². The SMILES string of the molecule is Cc1ccoc1C(=O)N(Cc1ccccn1)[C@@H]1CCCNCC1. The van der Waals surface area contributed by atoms with Crippen LogP contribution in [0.1, 0.15) is 41.1 Å². The Labute approximate surface area is 136 Å². The molecule has 1 fully saturated rings. The number of aromatic nitrogens is 1. The number of amides is 1. The van der Waals surface area contributed by atoms with Crippen molar-refractivity contribution in [2.45, 2.75) is 38.8 Å². The Morgan fingerprint density at radius 2 is 2.26 bits per heavy atom. The topological polar surface area (TPSA) is 58.4 Å². The van der Waals surface area contributed by atoms with Crippen LogP contribution in [0.2, 0.25) is 0 Å². The molecular weight excluding hydrogens is 290 g/mol. The highest BCUT2D eigenvalue weighted by molar-refractivity contribution is 5.93. The maximum Gasteiger partial charge on any atom is 0.290 e. The third kappa shape index (κ3) is 3.79. The van der Waals surface area contributed by atoms with E-state index < -0.39 is 0 Å². The minimum atomic E-state index is -0.0370. The Hall–Kier alpha value is -2.14. The van der Waals surface area contributed by atoms with E-state index in [4.69, 9.17) is 4.42 Å². The van der Waals surface area contributed by atoms with Gasteiger partial charge in [-0.1, -0.05) is 6.07 Å². The zero-order valence-electron chi connectivity index (χ0n) is 13.5. The van der Waals surface area contributed by atoms with Crippen LogP contribution >= 0.6 is 0 Å². The number of hydrogen-bond donors (Lipinski definition) is 1. The van der Waals surface area contributed by atoms with Crippen molar-refractivity contribution in [2.24, 2.45) is 0 Å². The summed E-state index contributed by atoms with van der Waals surface area (Å²) in [6.07, 6.45) is 6.39. The molecule has 2 aromatic heterocycles. The molecule has 0 bridgehead atoms. The molecule has 5 nitrogen and oxygen atoms in total. The summed E-state index contributed by atoms with van der Waals surface area (Å²) >= 11 is 0. The summed E-state index contributed by atoms with van der Waals surface area (Å²) in [6.45, 7) is 4.38. The molecule has 0 aliphatic carbocycles. The van der Waals surface area contributed by atoms with Crippen LogP contribution in [0.4, 0.5) is 0 Å². The normalized spacial score (nSPS) is 18.4. The van der Waals surface area contributed by atoms with E-state index in [0.717, 1.165) is 43.6 Å². The van der Waals surface area contributed by atoms with Crippen LogP contribution in [0.5, 0.6) is 0 Å². The van der Waals surface area contributed by atoms with Gasteiger partial charge in [-0.3, -0.25) is 9.78 Å². The van der Waals surface area contributed by atoms with E-state index in [-0.39, 0.29) is 11.9 Å². The van der Waals surface area contributed by atoms with Gasteiger partial charge in [0.25, 0.3) is 5.91 Å². The van der Waals surface area contributed by atoms with E-state index in [9.17, 15) is 4.79 Å². The zero-order chi connectivity index (χ0) is 16.1. The summed E-state index contributed by atoms with van der Waals surface area (Å²) in [5.74, 6) is 0.406.